The molecule has 1 N–H and O–H groups in total. The van der Waals surface area contributed by atoms with Crippen LogP contribution in [-0.4, -0.2) is 53.4 Å². The van der Waals surface area contributed by atoms with E-state index in [4.69, 9.17) is 11.6 Å². The van der Waals surface area contributed by atoms with Crippen molar-refractivity contribution in [1.29, 1.82) is 0 Å². The van der Waals surface area contributed by atoms with E-state index in [2.05, 4.69) is 20.1 Å². The molecule has 2 aromatic rings. The number of anilines is 1. The molecule has 1 amide bonds. The van der Waals surface area contributed by atoms with E-state index in [1.165, 1.54) is 0 Å². The number of hydrogen-bond donors (Lipinski definition) is 1. The highest BCUT2D eigenvalue weighted by Gasteiger charge is 2.19. The summed E-state index contributed by atoms with van der Waals surface area (Å²) in [4.78, 5) is 21.2. The van der Waals surface area contributed by atoms with Gasteiger partial charge in [-0.05, 0) is 36.8 Å². The molecule has 132 valence electrons. The molecule has 2 heterocycles. The summed E-state index contributed by atoms with van der Waals surface area (Å²) in [5, 5.41) is 3.63. The minimum Gasteiger partial charge on any atom is -0.325 e. The van der Waals surface area contributed by atoms with Crippen LogP contribution in [0.5, 0.6) is 0 Å². The summed E-state index contributed by atoms with van der Waals surface area (Å²) in [5.74, 6) is 0.00328. The molecule has 6 heteroatoms. The van der Waals surface area contributed by atoms with Gasteiger partial charge in [-0.1, -0.05) is 23.7 Å². The Kier molecular flexibility index (Phi) is 6.02. The first kappa shape index (κ1) is 17.9. The molecule has 0 unspecified atom stereocenters. The Balaban J connectivity index is 1.45. The number of nitrogens with zero attached hydrogens (tertiary/aromatic N) is 3. The lowest BCUT2D eigenvalue weighted by Gasteiger charge is -2.34. The molecule has 0 spiro atoms. The SMILES string of the molecule is Cc1c(Cl)cccc1NC(=O)CN1CCN(Cc2ccccn2)CC1. The molecule has 3 rings (SSSR count). The van der Waals surface area contributed by atoms with Crippen LogP contribution >= 0.6 is 11.6 Å². The summed E-state index contributed by atoms with van der Waals surface area (Å²) >= 11 is 6.10. The van der Waals surface area contributed by atoms with Gasteiger partial charge in [-0.3, -0.25) is 19.6 Å². The average Bonchev–Trinajstić information content (AvgIpc) is 2.62. The molecule has 1 aromatic heterocycles. The smallest absolute Gasteiger partial charge is 0.238 e. The summed E-state index contributed by atoms with van der Waals surface area (Å²) in [6.07, 6.45) is 1.83. The number of piperazine rings is 1. The molecular weight excluding hydrogens is 336 g/mol. The second kappa shape index (κ2) is 8.43. The van der Waals surface area contributed by atoms with E-state index in [1.807, 2.05) is 49.5 Å². The number of carbonyl (C=O) groups is 1. The van der Waals surface area contributed by atoms with Crippen molar-refractivity contribution in [2.24, 2.45) is 0 Å². The topological polar surface area (TPSA) is 48.5 Å². The van der Waals surface area contributed by atoms with Crippen LogP contribution in [0.4, 0.5) is 5.69 Å². The number of aromatic nitrogens is 1. The number of rotatable bonds is 5. The minimum atomic E-state index is 0.00328. The second-order valence-corrected chi connectivity index (χ2v) is 6.74. The quantitative estimate of drug-likeness (QED) is 0.892. The normalized spacial score (nSPS) is 15.9. The van der Waals surface area contributed by atoms with E-state index >= 15 is 0 Å². The zero-order valence-electron chi connectivity index (χ0n) is 14.4. The molecule has 0 bridgehead atoms. The van der Waals surface area contributed by atoms with Gasteiger partial charge in [0, 0.05) is 49.6 Å². The van der Waals surface area contributed by atoms with Crippen LogP contribution in [0.1, 0.15) is 11.3 Å². The van der Waals surface area contributed by atoms with Crippen molar-refractivity contribution in [2.45, 2.75) is 13.5 Å². The molecule has 0 saturated carbocycles. The van der Waals surface area contributed by atoms with Gasteiger partial charge in [0.15, 0.2) is 0 Å². The Labute approximate surface area is 153 Å². The van der Waals surface area contributed by atoms with Gasteiger partial charge in [0.25, 0.3) is 0 Å². The zero-order valence-corrected chi connectivity index (χ0v) is 15.2. The molecule has 1 saturated heterocycles. The van der Waals surface area contributed by atoms with Crippen molar-refractivity contribution < 1.29 is 4.79 Å². The Morgan fingerprint density at radius 1 is 1.12 bits per heavy atom. The number of carbonyl (C=O) groups excluding carboxylic acids is 1. The van der Waals surface area contributed by atoms with Crippen LogP contribution in [-0.2, 0) is 11.3 Å². The van der Waals surface area contributed by atoms with Crippen molar-refractivity contribution >= 4 is 23.2 Å². The first-order valence-corrected chi connectivity index (χ1v) is 8.89. The Morgan fingerprint density at radius 2 is 1.88 bits per heavy atom. The van der Waals surface area contributed by atoms with Gasteiger partial charge in [0.1, 0.15) is 0 Å². The van der Waals surface area contributed by atoms with Crippen molar-refractivity contribution in [3.63, 3.8) is 0 Å². The molecule has 1 aliphatic rings. The van der Waals surface area contributed by atoms with Gasteiger partial charge in [-0.15, -0.1) is 0 Å². The van der Waals surface area contributed by atoms with Crippen LogP contribution in [0.15, 0.2) is 42.6 Å². The van der Waals surface area contributed by atoms with Gasteiger partial charge in [0.05, 0.1) is 12.2 Å². The number of nitrogens with one attached hydrogen (secondary N) is 1. The lowest BCUT2D eigenvalue weighted by atomic mass is 10.2. The monoisotopic (exact) mass is 358 g/mol. The average molecular weight is 359 g/mol. The first-order chi connectivity index (χ1) is 12.1. The lowest BCUT2D eigenvalue weighted by molar-refractivity contribution is -0.117. The predicted octanol–water partition coefficient (Wildman–Crippen LogP) is 2.80. The summed E-state index contributed by atoms with van der Waals surface area (Å²) in [5.41, 5.74) is 2.77. The third-order valence-electron chi connectivity index (χ3n) is 4.49. The molecule has 5 nitrogen and oxygen atoms in total. The molecule has 0 radical (unpaired) electrons. The predicted molar refractivity (Wildman–Crippen MR) is 101 cm³/mol. The summed E-state index contributed by atoms with van der Waals surface area (Å²) < 4.78 is 0. The third-order valence-corrected chi connectivity index (χ3v) is 4.90. The first-order valence-electron chi connectivity index (χ1n) is 8.51. The van der Waals surface area contributed by atoms with Crippen LogP contribution in [0.2, 0.25) is 5.02 Å². The number of hydrogen-bond acceptors (Lipinski definition) is 4. The minimum absolute atomic E-state index is 0.00328. The maximum absolute atomic E-state index is 12.3. The van der Waals surface area contributed by atoms with Gasteiger partial charge in [-0.2, -0.15) is 0 Å². The molecule has 0 aliphatic carbocycles. The van der Waals surface area contributed by atoms with E-state index in [0.717, 1.165) is 49.7 Å². The highest BCUT2D eigenvalue weighted by atomic mass is 35.5. The molecule has 1 aliphatic heterocycles. The molecular formula is C19H23ClN4O. The second-order valence-electron chi connectivity index (χ2n) is 6.33. The van der Waals surface area contributed by atoms with Crippen LogP contribution in [0.3, 0.4) is 0 Å². The number of amides is 1. The maximum atomic E-state index is 12.3. The highest BCUT2D eigenvalue weighted by molar-refractivity contribution is 6.31. The van der Waals surface area contributed by atoms with Crippen LogP contribution in [0, 0.1) is 6.92 Å². The van der Waals surface area contributed by atoms with E-state index in [1.54, 1.807) is 0 Å². The lowest BCUT2D eigenvalue weighted by Crippen LogP contribution is -2.48. The van der Waals surface area contributed by atoms with Crippen LogP contribution in [0.25, 0.3) is 0 Å². The fourth-order valence-electron chi connectivity index (χ4n) is 2.96. The van der Waals surface area contributed by atoms with Gasteiger partial charge in [0.2, 0.25) is 5.91 Å². The van der Waals surface area contributed by atoms with E-state index in [-0.39, 0.29) is 5.91 Å². The Morgan fingerprint density at radius 3 is 2.60 bits per heavy atom. The van der Waals surface area contributed by atoms with Crippen molar-refractivity contribution in [1.82, 2.24) is 14.8 Å². The standard InChI is InChI=1S/C19H23ClN4O/c1-15-17(20)6-4-7-18(15)22-19(25)14-24-11-9-23(10-12-24)13-16-5-2-3-8-21-16/h2-8H,9-14H2,1H3,(H,22,25). The zero-order chi connectivity index (χ0) is 17.6. The van der Waals surface area contributed by atoms with Gasteiger partial charge < -0.3 is 5.32 Å². The van der Waals surface area contributed by atoms with Crippen molar-refractivity contribution in [3.05, 3.63) is 58.9 Å². The summed E-state index contributed by atoms with van der Waals surface area (Å²) in [6, 6.07) is 11.5. The number of halogens is 1. The molecule has 1 aromatic carbocycles. The molecule has 0 atom stereocenters. The van der Waals surface area contributed by atoms with Gasteiger partial charge in [-0.25, -0.2) is 0 Å². The largest absolute Gasteiger partial charge is 0.325 e. The van der Waals surface area contributed by atoms with E-state index in [9.17, 15) is 4.79 Å². The summed E-state index contributed by atoms with van der Waals surface area (Å²) in [7, 11) is 0. The molecule has 1 fully saturated rings. The number of benzene rings is 1. The maximum Gasteiger partial charge on any atom is 0.238 e. The Bertz CT molecular complexity index is 715. The van der Waals surface area contributed by atoms with Crippen molar-refractivity contribution in [3.8, 4) is 0 Å². The van der Waals surface area contributed by atoms with Crippen molar-refractivity contribution in [2.75, 3.05) is 38.0 Å². The number of pyridine rings is 1. The summed E-state index contributed by atoms with van der Waals surface area (Å²) in [6.45, 7) is 6.84. The van der Waals surface area contributed by atoms with Crippen LogP contribution < -0.4 is 5.32 Å². The van der Waals surface area contributed by atoms with Gasteiger partial charge >= 0.3 is 0 Å². The molecule has 25 heavy (non-hydrogen) atoms. The van der Waals surface area contributed by atoms with E-state index < -0.39 is 0 Å². The van der Waals surface area contributed by atoms with E-state index in [0.29, 0.717) is 11.6 Å². The fourth-order valence-corrected chi connectivity index (χ4v) is 3.14. The third kappa shape index (κ3) is 5.01. The highest BCUT2D eigenvalue weighted by Crippen LogP contribution is 2.22. The fraction of sp³-hybridized carbons (Fsp3) is 0.368. The Hall–Kier alpha value is -1.95.